The first-order valence-electron chi connectivity index (χ1n) is 7.60. The summed E-state index contributed by atoms with van der Waals surface area (Å²) in [6, 6.07) is 10.1. The minimum absolute atomic E-state index is 0.289. The highest BCUT2D eigenvalue weighted by Gasteiger charge is 2.20. The Kier molecular flexibility index (Phi) is 4.77. The zero-order valence-corrected chi connectivity index (χ0v) is 13.6. The number of likely N-dealkylation sites (tertiary alicyclic amines) is 1. The largest absolute Gasteiger partial charge is 0.343 e. The average Bonchev–Trinajstić information content (AvgIpc) is 3.15. The van der Waals surface area contributed by atoms with Gasteiger partial charge in [-0.25, -0.2) is 0 Å². The lowest BCUT2D eigenvalue weighted by atomic mass is 10.2. The van der Waals surface area contributed by atoms with Gasteiger partial charge in [-0.3, -0.25) is 4.79 Å². The number of aromatic nitrogens is 3. The Morgan fingerprint density at radius 1 is 1.18 bits per heavy atom. The highest BCUT2D eigenvalue weighted by atomic mass is 32.2. The van der Waals surface area contributed by atoms with Gasteiger partial charge in [0.15, 0.2) is 11.0 Å². The van der Waals surface area contributed by atoms with E-state index in [0.717, 1.165) is 49.0 Å². The van der Waals surface area contributed by atoms with Crippen molar-refractivity contribution in [3.8, 4) is 11.4 Å². The van der Waals surface area contributed by atoms with Crippen molar-refractivity contribution in [1.29, 1.82) is 0 Å². The van der Waals surface area contributed by atoms with E-state index in [0.29, 0.717) is 6.42 Å². The van der Waals surface area contributed by atoms with E-state index < -0.39 is 0 Å². The van der Waals surface area contributed by atoms with Crippen LogP contribution in [0.2, 0.25) is 0 Å². The minimum Gasteiger partial charge on any atom is -0.343 e. The molecule has 0 bridgehead atoms. The molecule has 1 aliphatic rings. The van der Waals surface area contributed by atoms with Crippen molar-refractivity contribution in [2.24, 2.45) is 0 Å². The van der Waals surface area contributed by atoms with E-state index >= 15 is 0 Å². The molecular formula is C16H20N4OS. The quantitative estimate of drug-likeness (QED) is 0.769. The van der Waals surface area contributed by atoms with Crippen molar-refractivity contribution in [2.75, 3.05) is 19.3 Å². The van der Waals surface area contributed by atoms with Crippen LogP contribution in [-0.4, -0.2) is 44.9 Å². The normalized spacial score (nSPS) is 14.8. The van der Waals surface area contributed by atoms with Crippen molar-refractivity contribution in [3.05, 3.63) is 30.3 Å². The topological polar surface area (TPSA) is 51.0 Å². The van der Waals surface area contributed by atoms with Gasteiger partial charge in [-0.2, -0.15) is 0 Å². The van der Waals surface area contributed by atoms with Gasteiger partial charge in [0.2, 0.25) is 5.91 Å². The summed E-state index contributed by atoms with van der Waals surface area (Å²) in [5.41, 5.74) is 1.08. The zero-order chi connectivity index (χ0) is 15.4. The van der Waals surface area contributed by atoms with Gasteiger partial charge in [-0.05, 0) is 19.1 Å². The van der Waals surface area contributed by atoms with Gasteiger partial charge in [0.1, 0.15) is 0 Å². The molecule has 0 saturated carbocycles. The maximum absolute atomic E-state index is 11.7. The number of amides is 1. The van der Waals surface area contributed by atoms with Crippen LogP contribution in [0.3, 0.4) is 0 Å². The van der Waals surface area contributed by atoms with Gasteiger partial charge >= 0.3 is 0 Å². The van der Waals surface area contributed by atoms with E-state index in [4.69, 9.17) is 0 Å². The molecular weight excluding hydrogens is 296 g/mol. The molecule has 1 aliphatic heterocycles. The summed E-state index contributed by atoms with van der Waals surface area (Å²) >= 11 is 1.60. The van der Waals surface area contributed by atoms with Crippen molar-refractivity contribution < 1.29 is 4.79 Å². The van der Waals surface area contributed by atoms with E-state index in [1.807, 2.05) is 29.4 Å². The van der Waals surface area contributed by atoms with E-state index in [1.165, 1.54) is 0 Å². The van der Waals surface area contributed by atoms with E-state index in [1.54, 1.807) is 11.8 Å². The molecule has 3 rings (SSSR count). The van der Waals surface area contributed by atoms with Crippen LogP contribution in [0.15, 0.2) is 35.5 Å². The van der Waals surface area contributed by atoms with Gasteiger partial charge in [-0.1, -0.05) is 42.1 Å². The highest BCUT2D eigenvalue weighted by molar-refractivity contribution is 7.98. The van der Waals surface area contributed by atoms with Gasteiger partial charge < -0.3 is 9.47 Å². The van der Waals surface area contributed by atoms with Crippen molar-refractivity contribution in [1.82, 2.24) is 19.7 Å². The Morgan fingerprint density at radius 3 is 2.68 bits per heavy atom. The van der Waals surface area contributed by atoms with Crippen molar-refractivity contribution >= 4 is 17.7 Å². The van der Waals surface area contributed by atoms with E-state index in [9.17, 15) is 4.79 Å². The Bertz CT molecular complexity index is 641. The van der Waals surface area contributed by atoms with Crippen LogP contribution in [0.25, 0.3) is 11.4 Å². The molecule has 0 unspecified atom stereocenters. The SMILES string of the molecule is CSc1nnc(-c2ccccc2)n1CCCN1CCCC1=O. The smallest absolute Gasteiger partial charge is 0.222 e. The van der Waals surface area contributed by atoms with Crippen LogP contribution in [-0.2, 0) is 11.3 Å². The minimum atomic E-state index is 0.289. The molecule has 22 heavy (non-hydrogen) atoms. The molecule has 1 aromatic carbocycles. The summed E-state index contributed by atoms with van der Waals surface area (Å²) < 4.78 is 2.15. The fraction of sp³-hybridized carbons (Fsp3) is 0.438. The number of benzene rings is 1. The fourth-order valence-electron chi connectivity index (χ4n) is 2.80. The second kappa shape index (κ2) is 6.96. The molecule has 0 radical (unpaired) electrons. The molecule has 5 nitrogen and oxygen atoms in total. The Morgan fingerprint density at radius 2 is 2.00 bits per heavy atom. The monoisotopic (exact) mass is 316 g/mol. The number of hydrogen-bond acceptors (Lipinski definition) is 4. The number of nitrogens with zero attached hydrogens (tertiary/aromatic N) is 4. The summed E-state index contributed by atoms with van der Waals surface area (Å²) in [5, 5.41) is 9.53. The number of hydrogen-bond donors (Lipinski definition) is 0. The summed E-state index contributed by atoms with van der Waals surface area (Å²) in [4.78, 5) is 13.6. The molecule has 0 spiro atoms. The first-order chi connectivity index (χ1) is 10.8. The number of carbonyl (C=O) groups is 1. The first-order valence-corrected chi connectivity index (χ1v) is 8.82. The van der Waals surface area contributed by atoms with Gasteiger partial charge in [-0.15, -0.1) is 10.2 Å². The molecule has 2 heterocycles. The lowest BCUT2D eigenvalue weighted by Gasteiger charge is -2.16. The highest BCUT2D eigenvalue weighted by Crippen LogP contribution is 2.23. The van der Waals surface area contributed by atoms with Crippen LogP contribution in [0, 0.1) is 0 Å². The maximum Gasteiger partial charge on any atom is 0.222 e. The van der Waals surface area contributed by atoms with Gasteiger partial charge in [0.25, 0.3) is 0 Å². The molecule has 1 amide bonds. The standard InChI is InChI=1S/C16H20N4OS/c1-22-16-18-17-15(13-7-3-2-4-8-13)20(16)12-6-11-19-10-5-9-14(19)21/h2-4,7-8H,5-6,9-12H2,1H3. The molecule has 1 fully saturated rings. The molecule has 0 N–H and O–H groups in total. The number of thioether (sulfide) groups is 1. The summed E-state index contributed by atoms with van der Waals surface area (Å²) in [6.45, 7) is 2.55. The third kappa shape index (κ3) is 3.16. The lowest BCUT2D eigenvalue weighted by Crippen LogP contribution is -2.26. The first kappa shape index (κ1) is 15.1. The van der Waals surface area contributed by atoms with Crippen molar-refractivity contribution in [2.45, 2.75) is 31.0 Å². The zero-order valence-electron chi connectivity index (χ0n) is 12.7. The van der Waals surface area contributed by atoms with Gasteiger partial charge in [0.05, 0.1) is 0 Å². The average molecular weight is 316 g/mol. The predicted molar refractivity (Wildman–Crippen MR) is 87.7 cm³/mol. The van der Waals surface area contributed by atoms with Crippen LogP contribution in [0.1, 0.15) is 19.3 Å². The Balaban J connectivity index is 1.72. The molecule has 1 aromatic heterocycles. The molecule has 6 heteroatoms. The third-order valence-electron chi connectivity index (χ3n) is 3.91. The second-order valence-electron chi connectivity index (χ2n) is 5.37. The number of rotatable bonds is 6. The molecule has 2 aromatic rings. The Hall–Kier alpha value is -1.82. The predicted octanol–water partition coefficient (Wildman–Crippen LogP) is 2.68. The molecule has 116 valence electrons. The summed E-state index contributed by atoms with van der Waals surface area (Å²) in [6.07, 6.45) is 4.64. The Labute approximate surface area is 134 Å². The summed E-state index contributed by atoms with van der Waals surface area (Å²) in [7, 11) is 0. The fourth-order valence-corrected chi connectivity index (χ4v) is 3.32. The van der Waals surface area contributed by atoms with Gasteiger partial charge in [0, 0.05) is 31.6 Å². The third-order valence-corrected chi connectivity index (χ3v) is 4.58. The molecule has 0 atom stereocenters. The number of carbonyl (C=O) groups excluding carboxylic acids is 1. The maximum atomic E-state index is 11.7. The van der Waals surface area contributed by atoms with E-state index in [-0.39, 0.29) is 5.91 Å². The molecule has 1 saturated heterocycles. The summed E-state index contributed by atoms with van der Waals surface area (Å²) in [5.74, 6) is 1.19. The van der Waals surface area contributed by atoms with Crippen LogP contribution >= 0.6 is 11.8 Å². The van der Waals surface area contributed by atoms with Crippen LogP contribution in [0.4, 0.5) is 0 Å². The van der Waals surface area contributed by atoms with Crippen LogP contribution in [0.5, 0.6) is 0 Å². The second-order valence-corrected chi connectivity index (χ2v) is 6.14. The molecule has 0 aliphatic carbocycles. The van der Waals surface area contributed by atoms with E-state index in [2.05, 4.69) is 26.9 Å². The van der Waals surface area contributed by atoms with Crippen LogP contribution < -0.4 is 0 Å². The lowest BCUT2D eigenvalue weighted by molar-refractivity contribution is -0.127. The van der Waals surface area contributed by atoms with Crippen molar-refractivity contribution in [3.63, 3.8) is 0 Å².